The van der Waals surface area contributed by atoms with Gasteiger partial charge in [0.1, 0.15) is 5.75 Å². The molecule has 2 aromatic carbocycles. The van der Waals surface area contributed by atoms with E-state index in [1.54, 1.807) is 31.2 Å². The van der Waals surface area contributed by atoms with Gasteiger partial charge in [0.25, 0.3) is 0 Å². The Hall–Kier alpha value is -2.82. The molecule has 2 rings (SSSR count). The van der Waals surface area contributed by atoms with Crippen LogP contribution >= 0.6 is 0 Å². The molecule has 0 aliphatic rings. The second-order valence-corrected chi connectivity index (χ2v) is 5.39. The number of ether oxygens (including phenoxy) is 2. The summed E-state index contributed by atoms with van der Waals surface area (Å²) >= 11 is 0. The number of aryl methyl sites for hydroxylation is 1. The first-order valence-electron chi connectivity index (χ1n) is 8.41. The summed E-state index contributed by atoms with van der Waals surface area (Å²) in [7, 11) is 0. The Morgan fingerprint density at radius 3 is 2.36 bits per heavy atom. The van der Waals surface area contributed by atoms with Gasteiger partial charge in [-0.3, -0.25) is 4.79 Å². The highest BCUT2D eigenvalue weighted by Gasteiger charge is 2.09. The molecule has 0 saturated carbocycles. The number of esters is 1. The summed E-state index contributed by atoms with van der Waals surface area (Å²) in [6.45, 7) is 4.62. The van der Waals surface area contributed by atoms with Crippen LogP contribution in [0.4, 0.5) is 5.69 Å². The Labute approximate surface area is 148 Å². The lowest BCUT2D eigenvalue weighted by Gasteiger charge is -2.10. The molecule has 0 radical (unpaired) electrons. The second kappa shape index (κ2) is 9.47. The fourth-order valence-corrected chi connectivity index (χ4v) is 2.38. The van der Waals surface area contributed by atoms with Crippen molar-refractivity contribution in [2.24, 2.45) is 0 Å². The molecule has 0 bridgehead atoms. The number of anilines is 1. The molecule has 0 fully saturated rings. The summed E-state index contributed by atoms with van der Waals surface area (Å²) in [5, 5.41) is 2.83. The molecule has 5 nitrogen and oxygen atoms in total. The van der Waals surface area contributed by atoms with E-state index in [-0.39, 0.29) is 11.9 Å². The van der Waals surface area contributed by atoms with Gasteiger partial charge >= 0.3 is 5.97 Å². The molecule has 0 spiro atoms. The van der Waals surface area contributed by atoms with Crippen molar-refractivity contribution >= 4 is 17.6 Å². The van der Waals surface area contributed by atoms with E-state index >= 15 is 0 Å². The summed E-state index contributed by atoms with van der Waals surface area (Å²) in [6.07, 6.45) is 0.951. The Kier molecular flexibility index (Phi) is 7.01. The van der Waals surface area contributed by atoms with E-state index in [2.05, 4.69) is 5.32 Å². The normalized spacial score (nSPS) is 10.2. The van der Waals surface area contributed by atoms with E-state index in [4.69, 9.17) is 9.47 Å². The van der Waals surface area contributed by atoms with E-state index in [1.807, 2.05) is 31.2 Å². The zero-order chi connectivity index (χ0) is 18.1. The van der Waals surface area contributed by atoms with Gasteiger partial charge in [0.05, 0.1) is 18.8 Å². The van der Waals surface area contributed by atoms with Crippen molar-refractivity contribution < 1.29 is 19.1 Å². The van der Waals surface area contributed by atoms with Crippen molar-refractivity contribution in [3.63, 3.8) is 0 Å². The molecule has 2 aromatic rings. The molecule has 0 heterocycles. The monoisotopic (exact) mass is 341 g/mol. The van der Waals surface area contributed by atoms with Crippen LogP contribution in [0.1, 0.15) is 36.2 Å². The first-order valence-corrected chi connectivity index (χ1v) is 8.41. The van der Waals surface area contributed by atoms with Gasteiger partial charge in [-0.25, -0.2) is 4.79 Å². The molecule has 1 amide bonds. The summed E-state index contributed by atoms with van der Waals surface area (Å²) in [5.41, 5.74) is 2.12. The minimum atomic E-state index is -0.368. The van der Waals surface area contributed by atoms with Crippen molar-refractivity contribution in [1.82, 2.24) is 0 Å². The molecule has 0 aromatic heterocycles. The Bertz CT molecular complexity index is 710. The van der Waals surface area contributed by atoms with Gasteiger partial charge in [0.15, 0.2) is 0 Å². The number of nitrogens with one attached hydrogen (secondary N) is 1. The zero-order valence-corrected chi connectivity index (χ0v) is 14.6. The van der Waals surface area contributed by atoms with Gasteiger partial charge in [-0.1, -0.05) is 18.2 Å². The maximum atomic E-state index is 12.1. The number of carbonyl (C=O) groups excluding carboxylic acids is 2. The Morgan fingerprint density at radius 1 is 0.960 bits per heavy atom. The molecule has 0 atom stereocenters. The van der Waals surface area contributed by atoms with Crippen molar-refractivity contribution in [2.75, 3.05) is 18.5 Å². The summed E-state index contributed by atoms with van der Waals surface area (Å²) in [5.74, 6) is 0.361. The van der Waals surface area contributed by atoms with E-state index in [0.717, 1.165) is 11.3 Å². The number of hydrogen-bond donors (Lipinski definition) is 1. The van der Waals surface area contributed by atoms with E-state index in [1.165, 1.54) is 0 Å². The number of hydrogen-bond acceptors (Lipinski definition) is 4. The van der Waals surface area contributed by atoms with Crippen LogP contribution in [0.2, 0.25) is 0 Å². The van der Waals surface area contributed by atoms with Crippen LogP contribution in [0.25, 0.3) is 0 Å². The van der Waals surface area contributed by atoms with Crippen molar-refractivity contribution in [2.45, 2.75) is 26.7 Å². The van der Waals surface area contributed by atoms with Crippen LogP contribution in [-0.4, -0.2) is 25.1 Å². The van der Waals surface area contributed by atoms with Gasteiger partial charge in [0, 0.05) is 12.1 Å². The van der Waals surface area contributed by atoms with Gasteiger partial charge in [-0.2, -0.15) is 0 Å². The molecule has 5 heteroatoms. The average Bonchev–Trinajstić information content (AvgIpc) is 2.62. The van der Waals surface area contributed by atoms with E-state index in [9.17, 15) is 9.59 Å². The molecule has 25 heavy (non-hydrogen) atoms. The van der Waals surface area contributed by atoms with Crippen molar-refractivity contribution in [1.29, 1.82) is 0 Å². The van der Waals surface area contributed by atoms with E-state index in [0.29, 0.717) is 37.3 Å². The summed E-state index contributed by atoms with van der Waals surface area (Å²) in [4.78, 5) is 23.7. The number of benzene rings is 2. The number of rotatable bonds is 8. The van der Waals surface area contributed by atoms with Crippen molar-refractivity contribution in [3.05, 3.63) is 59.7 Å². The smallest absolute Gasteiger partial charge is 0.338 e. The fourth-order valence-electron chi connectivity index (χ4n) is 2.38. The Balaban J connectivity index is 1.89. The van der Waals surface area contributed by atoms with E-state index < -0.39 is 0 Å². The first-order chi connectivity index (χ1) is 12.1. The lowest BCUT2D eigenvalue weighted by atomic mass is 10.1. The minimum absolute atomic E-state index is 0.0878. The highest BCUT2D eigenvalue weighted by molar-refractivity contribution is 5.93. The molecule has 0 saturated heterocycles. The zero-order valence-electron chi connectivity index (χ0n) is 14.6. The topological polar surface area (TPSA) is 64.6 Å². The third-order valence-corrected chi connectivity index (χ3v) is 3.57. The minimum Gasteiger partial charge on any atom is -0.494 e. The lowest BCUT2D eigenvalue weighted by Crippen LogP contribution is -2.13. The third kappa shape index (κ3) is 5.64. The van der Waals surface area contributed by atoms with Gasteiger partial charge in [-0.05, 0) is 56.2 Å². The van der Waals surface area contributed by atoms with Gasteiger partial charge < -0.3 is 14.8 Å². The third-order valence-electron chi connectivity index (χ3n) is 3.57. The molecule has 0 aliphatic heterocycles. The lowest BCUT2D eigenvalue weighted by molar-refractivity contribution is -0.116. The highest BCUT2D eigenvalue weighted by atomic mass is 16.5. The van der Waals surface area contributed by atoms with Crippen LogP contribution in [-0.2, 0) is 16.0 Å². The average molecular weight is 341 g/mol. The second-order valence-electron chi connectivity index (χ2n) is 5.39. The maximum Gasteiger partial charge on any atom is 0.338 e. The van der Waals surface area contributed by atoms with Crippen LogP contribution in [0.5, 0.6) is 5.75 Å². The summed E-state index contributed by atoms with van der Waals surface area (Å²) in [6, 6.07) is 14.4. The maximum absolute atomic E-state index is 12.1. The molecule has 0 unspecified atom stereocenters. The van der Waals surface area contributed by atoms with Crippen LogP contribution in [0.15, 0.2) is 48.5 Å². The molecule has 1 N–H and O–H groups in total. The van der Waals surface area contributed by atoms with Crippen LogP contribution in [0, 0.1) is 0 Å². The largest absolute Gasteiger partial charge is 0.494 e. The van der Waals surface area contributed by atoms with Gasteiger partial charge in [-0.15, -0.1) is 0 Å². The quantitative estimate of drug-likeness (QED) is 0.741. The molecular formula is C20H23NO4. The molecular weight excluding hydrogens is 318 g/mol. The fraction of sp³-hybridized carbons (Fsp3) is 0.300. The van der Waals surface area contributed by atoms with Crippen molar-refractivity contribution in [3.8, 4) is 5.75 Å². The van der Waals surface area contributed by atoms with Crippen LogP contribution < -0.4 is 10.1 Å². The molecule has 132 valence electrons. The first kappa shape index (κ1) is 18.5. The predicted octanol–water partition coefficient (Wildman–Crippen LogP) is 3.83. The summed E-state index contributed by atoms with van der Waals surface area (Å²) < 4.78 is 10.5. The SMILES string of the molecule is CCOC(=O)c1ccc(NC(=O)CCc2ccccc2OCC)cc1. The Morgan fingerprint density at radius 2 is 1.68 bits per heavy atom. The standard InChI is InChI=1S/C20H23NO4/c1-3-24-18-8-6-5-7-15(18)11-14-19(22)21-17-12-9-16(10-13-17)20(23)25-4-2/h5-10,12-13H,3-4,11,14H2,1-2H3,(H,21,22). The van der Waals surface area contributed by atoms with Crippen LogP contribution in [0.3, 0.4) is 0 Å². The van der Waals surface area contributed by atoms with Gasteiger partial charge in [0.2, 0.25) is 5.91 Å². The molecule has 0 aliphatic carbocycles. The number of carbonyl (C=O) groups is 2. The number of para-hydroxylation sites is 1. The number of amides is 1. The predicted molar refractivity (Wildman–Crippen MR) is 97.0 cm³/mol. The highest BCUT2D eigenvalue weighted by Crippen LogP contribution is 2.20.